The fourth-order valence-corrected chi connectivity index (χ4v) is 1.89. The smallest absolute Gasteiger partial charge is 0.416 e. The van der Waals surface area contributed by atoms with Crippen molar-refractivity contribution in [1.29, 1.82) is 0 Å². The Bertz CT molecular complexity index is 812. The summed E-state index contributed by atoms with van der Waals surface area (Å²) in [7, 11) is 0. The minimum atomic E-state index is -4.53. The van der Waals surface area contributed by atoms with Crippen molar-refractivity contribution in [3.05, 3.63) is 53.3 Å². The van der Waals surface area contributed by atoms with Gasteiger partial charge in [0.05, 0.1) is 5.56 Å². The number of anilines is 1. The first-order valence-electron chi connectivity index (χ1n) is 7.00. The highest BCUT2D eigenvalue weighted by Crippen LogP contribution is 2.30. The van der Waals surface area contributed by atoms with Gasteiger partial charge in [-0.3, -0.25) is 9.59 Å². The molecule has 0 atom stereocenters. The third kappa shape index (κ3) is 4.93. The van der Waals surface area contributed by atoms with Crippen molar-refractivity contribution in [3.8, 4) is 0 Å². The van der Waals surface area contributed by atoms with Crippen molar-refractivity contribution in [3.63, 3.8) is 0 Å². The molecule has 1 aromatic carbocycles. The number of benzene rings is 1. The van der Waals surface area contributed by atoms with Gasteiger partial charge in [0.15, 0.2) is 12.4 Å². The van der Waals surface area contributed by atoms with E-state index in [1.54, 1.807) is 0 Å². The van der Waals surface area contributed by atoms with E-state index in [9.17, 15) is 27.6 Å². The first-order chi connectivity index (χ1) is 11.7. The Kier molecular flexibility index (Phi) is 5.26. The van der Waals surface area contributed by atoms with Gasteiger partial charge in [-0.25, -0.2) is 4.79 Å². The minimum absolute atomic E-state index is 0.0166. The van der Waals surface area contributed by atoms with Crippen molar-refractivity contribution < 1.29 is 32.3 Å². The number of halogens is 3. The number of esters is 1. The Morgan fingerprint density at radius 2 is 1.92 bits per heavy atom. The van der Waals surface area contributed by atoms with Crippen LogP contribution in [0.4, 0.5) is 18.9 Å². The molecule has 0 bridgehead atoms. The number of carbonyl (C=O) groups is 3. The summed E-state index contributed by atoms with van der Waals surface area (Å²) in [6.45, 7) is 0.629. The van der Waals surface area contributed by atoms with Crippen LogP contribution >= 0.6 is 0 Å². The molecule has 0 saturated carbocycles. The zero-order valence-corrected chi connectivity index (χ0v) is 12.9. The first-order valence-corrected chi connectivity index (χ1v) is 7.00. The standard InChI is InChI=1S/C16H13F3N2O4/c1-9(22)10-5-13(20-7-10)15(24)25-8-14(23)21-12-4-2-3-11(6-12)16(17,18)19/h2-7,20H,8H2,1H3,(H,21,23). The second kappa shape index (κ2) is 7.20. The predicted octanol–water partition coefficient (Wildman–Crippen LogP) is 3.03. The molecule has 0 aliphatic carbocycles. The Labute approximate surface area is 140 Å². The second-order valence-corrected chi connectivity index (χ2v) is 5.06. The number of hydrogen-bond donors (Lipinski definition) is 2. The summed E-state index contributed by atoms with van der Waals surface area (Å²) in [6, 6.07) is 5.33. The maximum absolute atomic E-state index is 12.6. The van der Waals surface area contributed by atoms with Crippen LogP contribution in [-0.4, -0.2) is 29.3 Å². The van der Waals surface area contributed by atoms with E-state index in [0.717, 1.165) is 18.2 Å². The summed E-state index contributed by atoms with van der Waals surface area (Å²) in [5, 5.41) is 2.20. The Hall–Kier alpha value is -3.10. The second-order valence-electron chi connectivity index (χ2n) is 5.06. The lowest BCUT2D eigenvalue weighted by Crippen LogP contribution is -2.21. The highest BCUT2D eigenvalue weighted by atomic mass is 19.4. The van der Waals surface area contributed by atoms with Gasteiger partial charge in [0.1, 0.15) is 5.69 Å². The molecule has 1 aromatic heterocycles. The molecule has 1 heterocycles. The number of alkyl halides is 3. The van der Waals surface area contributed by atoms with Gasteiger partial charge in [0.2, 0.25) is 0 Å². The van der Waals surface area contributed by atoms with Crippen LogP contribution in [0.15, 0.2) is 36.5 Å². The molecule has 132 valence electrons. The molecule has 6 nitrogen and oxygen atoms in total. The van der Waals surface area contributed by atoms with E-state index in [1.807, 2.05) is 0 Å². The van der Waals surface area contributed by atoms with Gasteiger partial charge in [0, 0.05) is 17.4 Å². The third-order valence-electron chi connectivity index (χ3n) is 3.12. The van der Waals surface area contributed by atoms with E-state index in [2.05, 4.69) is 10.3 Å². The maximum atomic E-state index is 12.6. The number of ether oxygens (including phenoxy) is 1. The largest absolute Gasteiger partial charge is 0.451 e. The highest BCUT2D eigenvalue weighted by Gasteiger charge is 2.30. The fraction of sp³-hybridized carbons (Fsp3) is 0.188. The van der Waals surface area contributed by atoms with Crippen molar-refractivity contribution >= 4 is 23.3 Å². The Morgan fingerprint density at radius 1 is 1.20 bits per heavy atom. The van der Waals surface area contributed by atoms with E-state index in [0.29, 0.717) is 0 Å². The molecule has 9 heteroatoms. The molecular formula is C16H13F3N2O4. The number of carbonyl (C=O) groups excluding carboxylic acids is 3. The SMILES string of the molecule is CC(=O)c1c[nH]c(C(=O)OCC(=O)Nc2cccc(C(F)(F)F)c2)c1. The number of hydrogen-bond acceptors (Lipinski definition) is 4. The van der Waals surface area contributed by atoms with Crippen LogP contribution in [0.3, 0.4) is 0 Å². The highest BCUT2D eigenvalue weighted by molar-refractivity contribution is 5.98. The lowest BCUT2D eigenvalue weighted by Gasteiger charge is -2.10. The average molecular weight is 354 g/mol. The molecule has 2 aromatic rings. The zero-order valence-electron chi connectivity index (χ0n) is 12.9. The van der Waals surface area contributed by atoms with Crippen LogP contribution in [0.2, 0.25) is 0 Å². The predicted molar refractivity (Wildman–Crippen MR) is 81.2 cm³/mol. The molecule has 0 radical (unpaired) electrons. The summed E-state index contributed by atoms with van der Waals surface area (Å²) >= 11 is 0. The molecule has 0 aliphatic heterocycles. The Morgan fingerprint density at radius 3 is 2.52 bits per heavy atom. The molecule has 25 heavy (non-hydrogen) atoms. The summed E-state index contributed by atoms with van der Waals surface area (Å²) in [5.41, 5.74) is -0.725. The van der Waals surface area contributed by atoms with Crippen LogP contribution in [-0.2, 0) is 15.7 Å². The van der Waals surface area contributed by atoms with Crippen molar-refractivity contribution in [1.82, 2.24) is 4.98 Å². The molecule has 0 unspecified atom stereocenters. The quantitative estimate of drug-likeness (QED) is 0.638. The molecular weight excluding hydrogens is 341 g/mol. The topological polar surface area (TPSA) is 88.3 Å². The zero-order chi connectivity index (χ0) is 18.6. The average Bonchev–Trinajstić information content (AvgIpc) is 3.02. The minimum Gasteiger partial charge on any atom is -0.451 e. The first kappa shape index (κ1) is 18.2. The number of rotatable bonds is 5. The van der Waals surface area contributed by atoms with E-state index in [-0.39, 0.29) is 22.7 Å². The van der Waals surface area contributed by atoms with Crippen molar-refractivity contribution in [2.45, 2.75) is 13.1 Å². The van der Waals surface area contributed by atoms with Crippen LogP contribution in [0.5, 0.6) is 0 Å². The summed E-state index contributed by atoms with van der Waals surface area (Å²) in [5.74, 6) is -1.92. The lowest BCUT2D eigenvalue weighted by molar-refractivity contribution is -0.137. The fourth-order valence-electron chi connectivity index (χ4n) is 1.89. The molecule has 2 rings (SSSR count). The van der Waals surface area contributed by atoms with Crippen LogP contribution < -0.4 is 5.32 Å². The number of H-pyrrole nitrogens is 1. The number of aromatic amines is 1. The normalized spacial score (nSPS) is 11.0. The van der Waals surface area contributed by atoms with Crippen molar-refractivity contribution in [2.24, 2.45) is 0 Å². The van der Waals surface area contributed by atoms with Crippen LogP contribution in [0, 0.1) is 0 Å². The van der Waals surface area contributed by atoms with Gasteiger partial charge in [-0.2, -0.15) is 13.2 Å². The number of amides is 1. The molecule has 0 aliphatic rings. The number of aromatic nitrogens is 1. The number of Topliss-reactive ketones (excluding diaryl/α,β-unsaturated/α-hetero) is 1. The third-order valence-corrected chi connectivity index (χ3v) is 3.12. The van der Waals surface area contributed by atoms with Gasteiger partial charge in [-0.1, -0.05) is 6.07 Å². The number of ketones is 1. The molecule has 0 fully saturated rings. The van der Waals surface area contributed by atoms with Gasteiger partial charge in [0.25, 0.3) is 5.91 Å². The molecule has 1 amide bonds. The van der Waals surface area contributed by atoms with Crippen molar-refractivity contribution in [2.75, 3.05) is 11.9 Å². The van der Waals surface area contributed by atoms with E-state index in [4.69, 9.17) is 4.74 Å². The lowest BCUT2D eigenvalue weighted by atomic mass is 10.2. The van der Waals surface area contributed by atoms with E-state index < -0.39 is 30.2 Å². The van der Waals surface area contributed by atoms with Crippen LogP contribution in [0.1, 0.15) is 33.3 Å². The number of nitrogens with one attached hydrogen (secondary N) is 2. The van der Waals surface area contributed by atoms with Gasteiger partial charge in [-0.15, -0.1) is 0 Å². The summed E-state index contributed by atoms with van der Waals surface area (Å²) in [6.07, 6.45) is -3.21. The molecule has 0 spiro atoms. The maximum Gasteiger partial charge on any atom is 0.416 e. The monoisotopic (exact) mass is 354 g/mol. The van der Waals surface area contributed by atoms with Gasteiger partial charge in [-0.05, 0) is 31.2 Å². The summed E-state index contributed by atoms with van der Waals surface area (Å²) in [4.78, 5) is 37.1. The van der Waals surface area contributed by atoms with E-state index in [1.165, 1.54) is 25.3 Å². The molecule has 0 saturated heterocycles. The molecule has 2 N–H and O–H groups in total. The van der Waals surface area contributed by atoms with Gasteiger partial charge >= 0.3 is 12.1 Å². The van der Waals surface area contributed by atoms with Gasteiger partial charge < -0.3 is 15.0 Å². The Balaban J connectivity index is 1.92. The van der Waals surface area contributed by atoms with E-state index >= 15 is 0 Å². The summed E-state index contributed by atoms with van der Waals surface area (Å²) < 4.78 is 42.5. The van der Waals surface area contributed by atoms with Crippen LogP contribution in [0.25, 0.3) is 0 Å².